The van der Waals surface area contributed by atoms with Gasteiger partial charge in [0, 0.05) is 12.2 Å². The van der Waals surface area contributed by atoms with E-state index in [9.17, 15) is 0 Å². The molecule has 0 fully saturated rings. The normalized spacial score (nSPS) is 13.4. The summed E-state index contributed by atoms with van der Waals surface area (Å²) in [5.41, 5.74) is 1.63. The van der Waals surface area contributed by atoms with E-state index in [4.69, 9.17) is 21.3 Å². The number of hydrogen-bond donors (Lipinski definition) is 0. The van der Waals surface area contributed by atoms with Crippen LogP contribution in [0.2, 0.25) is 5.15 Å². The minimum atomic E-state index is 0.206. The molecule has 0 aliphatic carbocycles. The van der Waals surface area contributed by atoms with Crippen LogP contribution in [0.4, 0.5) is 0 Å². The smallest absolute Gasteiger partial charge is 0.178 e. The summed E-state index contributed by atoms with van der Waals surface area (Å²) in [6.45, 7) is 7.29. The molecule has 8 heteroatoms. The number of fused-ring (bicyclic) bond motifs is 3. The molecule has 0 bridgehead atoms. The number of ether oxygens (including phenoxy) is 1. The van der Waals surface area contributed by atoms with Crippen molar-refractivity contribution in [1.29, 1.82) is 0 Å². The van der Waals surface area contributed by atoms with Crippen molar-refractivity contribution < 1.29 is 4.74 Å². The fourth-order valence-corrected chi connectivity index (χ4v) is 2.99. The van der Waals surface area contributed by atoms with Gasteiger partial charge in [0.15, 0.2) is 5.82 Å². The molecule has 0 amide bonds. The maximum absolute atomic E-state index is 6.06. The molecular formula is C16H17ClN6O. The predicted molar refractivity (Wildman–Crippen MR) is 90.1 cm³/mol. The SMILES string of the molecule is Cc1nc(-c2cn3c(n2)-c2cc(Cl)ncc2OCC3)n(C(C)C)n1. The van der Waals surface area contributed by atoms with Crippen LogP contribution in [0.1, 0.15) is 25.7 Å². The fourth-order valence-electron chi connectivity index (χ4n) is 2.83. The van der Waals surface area contributed by atoms with Gasteiger partial charge >= 0.3 is 0 Å². The molecule has 3 aromatic rings. The second kappa shape index (κ2) is 5.59. The second-order valence-electron chi connectivity index (χ2n) is 6.02. The Bertz CT molecular complexity index is 913. The summed E-state index contributed by atoms with van der Waals surface area (Å²) in [7, 11) is 0. The predicted octanol–water partition coefficient (Wildman–Crippen LogP) is 3.14. The third-order valence-electron chi connectivity index (χ3n) is 3.90. The van der Waals surface area contributed by atoms with Crippen molar-refractivity contribution in [1.82, 2.24) is 29.3 Å². The van der Waals surface area contributed by atoms with E-state index in [2.05, 4.69) is 33.5 Å². The fraction of sp³-hybridized carbons (Fsp3) is 0.375. The van der Waals surface area contributed by atoms with Crippen LogP contribution in [0.25, 0.3) is 22.9 Å². The van der Waals surface area contributed by atoms with Crippen molar-refractivity contribution in [3.8, 4) is 28.7 Å². The van der Waals surface area contributed by atoms with E-state index in [0.717, 1.165) is 28.7 Å². The van der Waals surface area contributed by atoms with E-state index in [1.54, 1.807) is 12.3 Å². The number of aryl methyl sites for hydroxylation is 1. The van der Waals surface area contributed by atoms with Crippen LogP contribution in [0, 0.1) is 6.92 Å². The summed E-state index contributed by atoms with van der Waals surface area (Å²) in [6.07, 6.45) is 3.63. The van der Waals surface area contributed by atoms with Crippen molar-refractivity contribution in [3.63, 3.8) is 0 Å². The largest absolute Gasteiger partial charge is 0.489 e. The van der Waals surface area contributed by atoms with Crippen molar-refractivity contribution in [3.05, 3.63) is 29.4 Å². The summed E-state index contributed by atoms with van der Waals surface area (Å²) < 4.78 is 9.70. The topological polar surface area (TPSA) is 70.7 Å². The van der Waals surface area contributed by atoms with Gasteiger partial charge in [-0.2, -0.15) is 5.10 Å². The molecular weight excluding hydrogens is 328 g/mol. The average Bonchev–Trinajstić information content (AvgIpc) is 3.08. The zero-order chi connectivity index (χ0) is 16.8. The Morgan fingerprint density at radius 1 is 1.25 bits per heavy atom. The second-order valence-corrected chi connectivity index (χ2v) is 6.40. The Kier molecular flexibility index (Phi) is 3.53. The molecule has 0 unspecified atom stereocenters. The molecule has 7 nitrogen and oxygen atoms in total. The number of halogens is 1. The quantitative estimate of drug-likeness (QED) is 0.668. The highest BCUT2D eigenvalue weighted by atomic mass is 35.5. The minimum Gasteiger partial charge on any atom is -0.489 e. The van der Waals surface area contributed by atoms with Crippen molar-refractivity contribution in [2.45, 2.75) is 33.4 Å². The van der Waals surface area contributed by atoms with Gasteiger partial charge in [-0.05, 0) is 26.8 Å². The standard InChI is InChI=1S/C16H17ClN6O/c1-9(2)23-16(19-10(3)21-23)12-8-22-4-5-24-13-7-18-14(17)6-11(13)15(22)20-12/h6-9H,4-5H2,1-3H3. The zero-order valence-corrected chi connectivity index (χ0v) is 14.4. The molecule has 0 spiro atoms. The van der Waals surface area contributed by atoms with Crippen LogP contribution < -0.4 is 4.74 Å². The van der Waals surface area contributed by atoms with Crippen molar-refractivity contribution in [2.75, 3.05) is 6.61 Å². The van der Waals surface area contributed by atoms with Gasteiger partial charge in [0.05, 0.1) is 18.3 Å². The third kappa shape index (κ3) is 2.45. The lowest BCUT2D eigenvalue weighted by Gasteiger charge is -2.07. The van der Waals surface area contributed by atoms with Crippen molar-refractivity contribution >= 4 is 11.6 Å². The maximum atomic E-state index is 6.06. The summed E-state index contributed by atoms with van der Waals surface area (Å²) in [5.74, 6) is 3.00. The lowest BCUT2D eigenvalue weighted by atomic mass is 10.2. The maximum Gasteiger partial charge on any atom is 0.178 e. The van der Waals surface area contributed by atoms with E-state index >= 15 is 0 Å². The molecule has 0 atom stereocenters. The van der Waals surface area contributed by atoms with Gasteiger partial charge < -0.3 is 9.30 Å². The molecule has 0 radical (unpaired) electrons. The molecule has 0 saturated heterocycles. The molecule has 1 aliphatic rings. The van der Waals surface area contributed by atoms with Crippen LogP contribution in [0.3, 0.4) is 0 Å². The van der Waals surface area contributed by atoms with Gasteiger partial charge in [-0.15, -0.1) is 0 Å². The summed E-state index contributed by atoms with van der Waals surface area (Å²) in [6, 6.07) is 1.99. The van der Waals surface area contributed by atoms with Gasteiger partial charge in [0.1, 0.15) is 34.9 Å². The van der Waals surface area contributed by atoms with Gasteiger partial charge in [-0.25, -0.2) is 19.6 Å². The molecule has 24 heavy (non-hydrogen) atoms. The van der Waals surface area contributed by atoms with E-state index in [-0.39, 0.29) is 6.04 Å². The lowest BCUT2D eigenvalue weighted by molar-refractivity contribution is 0.305. The molecule has 124 valence electrons. The van der Waals surface area contributed by atoms with E-state index in [1.807, 2.05) is 17.8 Å². The highest BCUT2D eigenvalue weighted by molar-refractivity contribution is 6.29. The monoisotopic (exact) mass is 344 g/mol. The number of imidazole rings is 1. The Labute approximate surface area is 144 Å². The highest BCUT2D eigenvalue weighted by Crippen LogP contribution is 2.34. The number of nitrogens with zero attached hydrogens (tertiary/aromatic N) is 6. The molecule has 0 aromatic carbocycles. The van der Waals surface area contributed by atoms with Crippen LogP contribution in [-0.2, 0) is 6.54 Å². The Hall–Kier alpha value is -2.41. The van der Waals surface area contributed by atoms with Gasteiger partial charge in [-0.1, -0.05) is 11.6 Å². The van der Waals surface area contributed by atoms with Gasteiger partial charge in [0.25, 0.3) is 0 Å². The van der Waals surface area contributed by atoms with Gasteiger partial charge in [0.2, 0.25) is 0 Å². The lowest BCUT2D eigenvalue weighted by Crippen LogP contribution is -2.06. The molecule has 0 saturated carbocycles. The molecule has 1 aliphatic heterocycles. The minimum absolute atomic E-state index is 0.206. The first-order valence-electron chi connectivity index (χ1n) is 7.82. The summed E-state index contributed by atoms with van der Waals surface area (Å²) >= 11 is 6.06. The van der Waals surface area contributed by atoms with E-state index in [0.29, 0.717) is 24.1 Å². The Morgan fingerprint density at radius 2 is 2.08 bits per heavy atom. The molecule has 0 N–H and O–H groups in total. The zero-order valence-electron chi connectivity index (χ0n) is 13.7. The molecule has 4 rings (SSSR count). The first-order chi connectivity index (χ1) is 11.5. The number of aromatic nitrogens is 6. The summed E-state index contributed by atoms with van der Waals surface area (Å²) in [5, 5.41) is 4.88. The Balaban J connectivity index is 1.88. The van der Waals surface area contributed by atoms with Crippen molar-refractivity contribution in [2.24, 2.45) is 0 Å². The number of rotatable bonds is 2. The first kappa shape index (κ1) is 15.1. The Morgan fingerprint density at radius 3 is 2.88 bits per heavy atom. The van der Waals surface area contributed by atoms with Crippen LogP contribution in [-0.4, -0.2) is 35.9 Å². The number of hydrogen-bond acceptors (Lipinski definition) is 5. The number of pyridine rings is 1. The average molecular weight is 345 g/mol. The summed E-state index contributed by atoms with van der Waals surface area (Å²) in [4.78, 5) is 13.4. The van der Waals surface area contributed by atoms with Crippen LogP contribution in [0.15, 0.2) is 18.5 Å². The first-order valence-corrected chi connectivity index (χ1v) is 8.20. The highest BCUT2D eigenvalue weighted by Gasteiger charge is 2.22. The van der Waals surface area contributed by atoms with E-state index < -0.39 is 0 Å². The molecule has 4 heterocycles. The van der Waals surface area contributed by atoms with Crippen LogP contribution >= 0.6 is 11.6 Å². The molecule has 3 aromatic heterocycles. The van der Waals surface area contributed by atoms with Gasteiger partial charge in [-0.3, -0.25) is 0 Å². The van der Waals surface area contributed by atoms with E-state index in [1.165, 1.54) is 0 Å². The third-order valence-corrected chi connectivity index (χ3v) is 4.10. The van der Waals surface area contributed by atoms with Crippen LogP contribution in [0.5, 0.6) is 5.75 Å².